The van der Waals surface area contributed by atoms with Crippen molar-refractivity contribution in [1.29, 1.82) is 0 Å². The third kappa shape index (κ3) is 2.57. The standard InChI is InChI=1S/C15H16N4O/c1-20-9-10-3-2-4-12(7-10)17-15-18-13-6-5-11(16)8-14(13)19-15/h2-8H,9,16H2,1H3,(H2,17,18,19). The van der Waals surface area contributed by atoms with Gasteiger partial charge >= 0.3 is 0 Å². The molecule has 0 amide bonds. The summed E-state index contributed by atoms with van der Waals surface area (Å²) in [6, 6.07) is 13.6. The molecule has 0 saturated carbocycles. The first kappa shape index (κ1) is 12.5. The number of benzene rings is 2. The van der Waals surface area contributed by atoms with E-state index in [9.17, 15) is 0 Å². The van der Waals surface area contributed by atoms with Gasteiger partial charge in [-0.2, -0.15) is 0 Å². The van der Waals surface area contributed by atoms with Crippen LogP contribution in [0, 0.1) is 0 Å². The number of rotatable bonds is 4. The number of H-pyrrole nitrogens is 1. The number of ether oxygens (including phenoxy) is 1. The van der Waals surface area contributed by atoms with Crippen LogP contribution in [0.4, 0.5) is 17.3 Å². The number of fused-ring (bicyclic) bond motifs is 1. The van der Waals surface area contributed by atoms with Crippen molar-refractivity contribution in [3.05, 3.63) is 48.0 Å². The van der Waals surface area contributed by atoms with E-state index >= 15 is 0 Å². The fourth-order valence-electron chi connectivity index (χ4n) is 2.13. The minimum Gasteiger partial charge on any atom is -0.399 e. The molecule has 4 N–H and O–H groups in total. The molecule has 0 aliphatic rings. The molecule has 3 rings (SSSR count). The van der Waals surface area contributed by atoms with Gasteiger partial charge in [0.25, 0.3) is 0 Å². The van der Waals surface area contributed by atoms with E-state index in [0.717, 1.165) is 28.0 Å². The van der Waals surface area contributed by atoms with Crippen molar-refractivity contribution in [2.75, 3.05) is 18.2 Å². The molecule has 0 saturated heterocycles. The number of nitrogens with two attached hydrogens (primary N) is 1. The minimum atomic E-state index is 0.589. The van der Waals surface area contributed by atoms with E-state index in [1.807, 2.05) is 42.5 Å². The van der Waals surface area contributed by atoms with Gasteiger partial charge in [-0.3, -0.25) is 0 Å². The molecular formula is C15H16N4O. The zero-order valence-electron chi connectivity index (χ0n) is 11.2. The Balaban J connectivity index is 1.87. The summed E-state index contributed by atoms with van der Waals surface area (Å²) >= 11 is 0. The van der Waals surface area contributed by atoms with Crippen LogP contribution in [-0.2, 0) is 11.3 Å². The Morgan fingerprint density at radius 3 is 3.00 bits per heavy atom. The van der Waals surface area contributed by atoms with Crippen molar-refractivity contribution in [2.45, 2.75) is 6.61 Å². The number of aromatic nitrogens is 2. The van der Waals surface area contributed by atoms with Gasteiger partial charge in [0.15, 0.2) is 0 Å². The summed E-state index contributed by atoms with van der Waals surface area (Å²) in [6.07, 6.45) is 0. The highest BCUT2D eigenvalue weighted by molar-refractivity contribution is 5.81. The number of methoxy groups -OCH3 is 1. The largest absolute Gasteiger partial charge is 0.399 e. The number of imidazole rings is 1. The molecule has 0 fully saturated rings. The van der Waals surface area contributed by atoms with Crippen molar-refractivity contribution < 1.29 is 4.74 Å². The molecule has 5 nitrogen and oxygen atoms in total. The molecule has 0 atom stereocenters. The van der Waals surface area contributed by atoms with Gasteiger partial charge in [-0.05, 0) is 35.9 Å². The summed E-state index contributed by atoms with van der Waals surface area (Å²) < 4.78 is 5.13. The summed E-state index contributed by atoms with van der Waals surface area (Å²) in [5.74, 6) is 0.695. The monoisotopic (exact) mass is 268 g/mol. The molecule has 0 bridgehead atoms. The summed E-state index contributed by atoms with van der Waals surface area (Å²) in [4.78, 5) is 7.67. The van der Waals surface area contributed by atoms with Gasteiger partial charge in [0.1, 0.15) is 0 Å². The van der Waals surface area contributed by atoms with Crippen molar-refractivity contribution in [3.8, 4) is 0 Å². The highest BCUT2D eigenvalue weighted by Gasteiger charge is 2.03. The van der Waals surface area contributed by atoms with E-state index in [0.29, 0.717) is 12.6 Å². The molecule has 0 aliphatic carbocycles. The Labute approximate surface area is 116 Å². The van der Waals surface area contributed by atoms with Crippen molar-refractivity contribution in [2.24, 2.45) is 0 Å². The van der Waals surface area contributed by atoms with E-state index in [4.69, 9.17) is 10.5 Å². The molecule has 5 heteroatoms. The second-order valence-electron chi connectivity index (χ2n) is 4.62. The van der Waals surface area contributed by atoms with Gasteiger partial charge in [0.2, 0.25) is 5.95 Å². The van der Waals surface area contributed by atoms with E-state index in [1.54, 1.807) is 7.11 Å². The predicted octanol–water partition coefficient (Wildman–Crippen LogP) is 3.04. The van der Waals surface area contributed by atoms with E-state index in [2.05, 4.69) is 15.3 Å². The third-order valence-electron chi connectivity index (χ3n) is 3.01. The molecular weight excluding hydrogens is 252 g/mol. The third-order valence-corrected chi connectivity index (χ3v) is 3.01. The lowest BCUT2D eigenvalue weighted by Crippen LogP contribution is -1.94. The van der Waals surface area contributed by atoms with Crippen molar-refractivity contribution >= 4 is 28.4 Å². The maximum Gasteiger partial charge on any atom is 0.205 e. The van der Waals surface area contributed by atoms with Gasteiger partial charge in [0.05, 0.1) is 17.6 Å². The maximum atomic E-state index is 5.76. The van der Waals surface area contributed by atoms with Crippen LogP contribution in [0.2, 0.25) is 0 Å². The highest BCUT2D eigenvalue weighted by Crippen LogP contribution is 2.20. The first-order valence-corrected chi connectivity index (χ1v) is 6.35. The van der Waals surface area contributed by atoms with E-state index in [-0.39, 0.29) is 0 Å². The van der Waals surface area contributed by atoms with Crippen LogP contribution >= 0.6 is 0 Å². The molecule has 0 spiro atoms. The van der Waals surface area contributed by atoms with Crippen molar-refractivity contribution in [3.63, 3.8) is 0 Å². The summed E-state index contributed by atoms with van der Waals surface area (Å²) in [5, 5.41) is 3.25. The average Bonchev–Trinajstić information content (AvgIpc) is 2.81. The molecule has 3 aromatic rings. The second kappa shape index (κ2) is 5.22. The van der Waals surface area contributed by atoms with Gasteiger partial charge in [-0.25, -0.2) is 4.98 Å². The van der Waals surface area contributed by atoms with Crippen LogP contribution in [0.3, 0.4) is 0 Å². The number of anilines is 3. The molecule has 102 valence electrons. The minimum absolute atomic E-state index is 0.589. The molecule has 1 aromatic heterocycles. The lowest BCUT2D eigenvalue weighted by Gasteiger charge is -2.05. The summed E-state index contributed by atoms with van der Waals surface area (Å²) in [5.41, 5.74) is 10.3. The molecule has 0 unspecified atom stereocenters. The normalized spacial score (nSPS) is 10.8. The Hall–Kier alpha value is -2.53. The summed E-state index contributed by atoms with van der Waals surface area (Å²) in [7, 11) is 1.68. The van der Waals surface area contributed by atoms with Gasteiger partial charge in [-0.1, -0.05) is 12.1 Å². The van der Waals surface area contributed by atoms with E-state index < -0.39 is 0 Å². The number of hydrogen-bond acceptors (Lipinski definition) is 4. The van der Waals surface area contributed by atoms with Crippen LogP contribution < -0.4 is 11.1 Å². The lowest BCUT2D eigenvalue weighted by atomic mass is 10.2. The average molecular weight is 268 g/mol. The van der Waals surface area contributed by atoms with Gasteiger partial charge < -0.3 is 20.8 Å². The number of nitrogens with zero attached hydrogens (tertiary/aromatic N) is 1. The van der Waals surface area contributed by atoms with Gasteiger partial charge in [-0.15, -0.1) is 0 Å². The van der Waals surface area contributed by atoms with Crippen LogP contribution in [-0.4, -0.2) is 17.1 Å². The van der Waals surface area contributed by atoms with Crippen molar-refractivity contribution in [1.82, 2.24) is 9.97 Å². The molecule has 2 aromatic carbocycles. The SMILES string of the molecule is COCc1cccc(Nc2nc3ccc(N)cc3[nH]2)c1. The van der Waals surface area contributed by atoms with Crippen LogP contribution in [0.15, 0.2) is 42.5 Å². The van der Waals surface area contributed by atoms with Crippen LogP contribution in [0.25, 0.3) is 11.0 Å². The fourth-order valence-corrected chi connectivity index (χ4v) is 2.13. The lowest BCUT2D eigenvalue weighted by molar-refractivity contribution is 0.185. The second-order valence-corrected chi connectivity index (χ2v) is 4.62. The van der Waals surface area contributed by atoms with Gasteiger partial charge in [0, 0.05) is 18.5 Å². The number of aromatic amines is 1. The Bertz CT molecular complexity index is 736. The first-order chi connectivity index (χ1) is 9.74. The smallest absolute Gasteiger partial charge is 0.205 e. The topological polar surface area (TPSA) is 76.0 Å². The zero-order valence-corrected chi connectivity index (χ0v) is 11.2. The van der Waals surface area contributed by atoms with E-state index in [1.165, 1.54) is 0 Å². The molecule has 20 heavy (non-hydrogen) atoms. The van der Waals surface area contributed by atoms with Crippen LogP contribution in [0.1, 0.15) is 5.56 Å². The highest BCUT2D eigenvalue weighted by atomic mass is 16.5. The molecule has 1 heterocycles. The Morgan fingerprint density at radius 1 is 1.25 bits per heavy atom. The number of hydrogen-bond donors (Lipinski definition) is 3. The predicted molar refractivity (Wildman–Crippen MR) is 80.9 cm³/mol. The Kier molecular flexibility index (Phi) is 3.26. The number of nitrogen functional groups attached to an aromatic ring is 1. The molecule has 0 radical (unpaired) electrons. The Morgan fingerprint density at radius 2 is 2.15 bits per heavy atom. The zero-order chi connectivity index (χ0) is 13.9. The molecule has 0 aliphatic heterocycles. The summed E-state index contributed by atoms with van der Waals surface area (Å²) in [6.45, 7) is 0.589. The fraction of sp³-hybridized carbons (Fsp3) is 0.133. The first-order valence-electron chi connectivity index (χ1n) is 6.35. The number of nitrogens with one attached hydrogen (secondary N) is 2. The van der Waals surface area contributed by atoms with Crippen LogP contribution in [0.5, 0.6) is 0 Å². The maximum absolute atomic E-state index is 5.76. The quantitative estimate of drug-likeness (QED) is 0.636.